The number of esters is 1. The normalized spacial score (nSPS) is 11.8. The lowest BCUT2D eigenvalue weighted by molar-refractivity contribution is -0.141. The predicted molar refractivity (Wildman–Crippen MR) is 88.1 cm³/mol. The van der Waals surface area contributed by atoms with Crippen LogP contribution >= 0.6 is 0 Å². The third-order valence-electron chi connectivity index (χ3n) is 3.15. The lowest BCUT2D eigenvalue weighted by Crippen LogP contribution is -2.33. The predicted octanol–water partition coefficient (Wildman–Crippen LogP) is 1.13. The van der Waals surface area contributed by atoms with Crippen LogP contribution in [0.25, 0.3) is 0 Å². The van der Waals surface area contributed by atoms with Crippen molar-refractivity contribution in [3.05, 3.63) is 42.5 Å². The van der Waals surface area contributed by atoms with E-state index in [1.54, 1.807) is 36.9 Å². The van der Waals surface area contributed by atoms with E-state index in [4.69, 9.17) is 4.74 Å². The van der Waals surface area contributed by atoms with Crippen molar-refractivity contribution < 1.29 is 14.3 Å². The molecule has 0 aliphatic rings. The number of hydrogen-bond acceptors (Lipinski definition) is 6. The van der Waals surface area contributed by atoms with Gasteiger partial charge in [-0.25, -0.2) is 4.79 Å². The molecule has 0 bridgehead atoms. The first-order valence-corrected chi connectivity index (χ1v) is 7.55. The Kier molecular flexibility index (Phi) is 5.89. The van der Waals surface area contributed by atoms with Crippen molar-refractivity contribution in [3.63, 3.8) is 0 Å². The molecule has 128 valence electrons. The van der Waals surface area contributed by atoms with Crippen LogP contribution in [-0.2, 0) is 20.9 Å². The number of carbonyl (C=O) groups excluding carboxylic acids is 2. The van der Waals surface area contributed by atoms with Crippen LogP contribution in [0.2, 0.25) is 0 Å². The average Bonchev–Trinajstić information content (AvgIpc) is 2.99. The number of methoxy groups -OCH3 is 1. The van der Waals surface area contributed by atoms with Crippen LogP contribution in [0.1, 0.15) is 25.5 Å². The van der Waals surface area contributed by atoms with Gasteiger partial charge in [-0.1, -0.05) is 6.07 Å². The molecule has 0 saturated heterocycles. The average molecular weight is 331 g/mol. The van der Waals surface area contributed by atoms with E-state index in [-0.39, 0.29) is 18.5 Å². The quantitative estimate of drug-likeness (QED) is 0.738. The van der Waals surface area contributed by atoms with Crippen LogP contribution in [0.3, 0.4) is 0 Å². The zero-order chi connectivity index (χ0) is 17.5. The number of aromatic nitrogens is 3. The van der Waals surface area contributed by atoms with Gasteiger partial charge in [0.15, 0.2) is 6.04 Å². The fraction of sp³-hybridized carbons (Fsp3) is 0.375. The van der Waals surface area contributed by atoms with Crippen molar-refractivity contribution in [2.45, 2.75) is 32.5 Å². The van der Waals surface area contributed by atoms with Crippen LogP contribution in [-0.4, -0.2) is 39.8 Å². The molecule has 2 heterocycles. The standard InChI is InChI=1S/C16H21N5O3/c1-11(2)19-14(22)10-21-9-13(8-18-21)20-15(16(23)24-3)12-5-4-6-17-7-12/h4-9,11,15,20H,10H2,1-3H3,(H,19,22). The zero-order valence-electron chi connectivity index (χ0n) is 13.9. The molecule has 8 heteroatoms. The van der Waals surface area contributed by atoms with Crippen molar-refractivity contribution in [2.75, 3.05) is 12.4 Å². The van der Waals surface area contributed by atoms with E-state index in [1.807, 2.05) is 13.8 Å². The monoisotopic (exact) mass is 331 g/mol. The van der Waals surface area contributed by atoms with Crippen LogP contribution in [0, 0.1) is 0 Å². The number of rotatable bonds is 7. The molecule has 0 aromatic carbocycles. The highest BCUT2D eigenvalue weighted by Gasteiger charge is 2.22. The molecule has 0 spiro atoms. The van der Waals surface area contributed by atoms with Gasteiger partial charge in [0, 0.05) is 30.2 Å². The maximum atomic E-state index is 12.0. The highest BCUT2D eigenvalue weighted by molar-refractivity contribution is 5.80. The smallest absolute Gasteiger partial charge is 0.333 e. The Balaban J connectivity index is 2.08. The Morgan fingerprint density at radius 2 is 2.12 bits per heavy atom. The number of amides is 1. The summed E-state index contributed by atoms with van der Waals surface area (Å²) in [4.78, 5) is 27.8. The van der Waals surface area contributed by atoms with Crippen molar-refractivity contribution in [3.8, 4) is 0 Å². The van der Waals surface area contributed by atoms with Gasteiger partial charge in [0.05, 0.1) is 19.0 Å². The summed E-state index contributed by atoms with van der Waals surface area (Å²) in [6.45, 7) is 3.89. The van der Waals surface area contributed by atoms with Crippen LogP contribution in [0.15, 0.2) is 36.9 Å². The van der Waals surface area contributed by atoms with Crippen LogP contribution < -0.4 is 10.6 Å². The molecule has 2 aromatic rings. The van der Waals surface area contributed by atoms with Crippen molar-refractivity contribution in [2.24, 2.45) is 0 Å². The van der Waals surface area contributed by atoms with Crippen LogP contribution in [0.4, 0.5) is 5.69 Å². The Bertz CT molecular complexity index is 684. The van der Waals surface area contributed by atoms with Gasteiger partial charge >= 0.3 is 5.97 Å². The molecular weight excluding hydrogens is 310 g/mol. The van der Waals surface area contributed by atoms with E-state index in [9.17, 15) is 9.59 Å². The number of hydrogen-bond donors (Lipinski definition) is 2. The maximum absolute atomic E-state index is 12.0. The first-order chi connectivity index (χ1) is 11.5. The molecule has 1 unspecified atom stereocenters. The molecule has 2 rings (SSSR count). The number of nitrogens with zero attached hydrogens (tertiary/aromatic N) is 3. The zero-order valence-corrected chi connectivity index (χ0v) is 13.9. The van der Waals surface area contributed by atoms with Gasteiger partial charge in [0.2, 0.25) is 5.91 Å². The Labute approximate surface area is 140 Å². The van der Waals surface area contributed by atoms with Crippen molar-refractivity contribution in [1.29, 1.82) is 0 Å². The molecule has 24 heavy (non-hydrogen) atoms. The SMILES string of the molecule is COC(=O)C(Nc1cnn(CC(=O)NC(C)C)c1)c1cccnc1. The largest absolute Gasteiger partial charge is 0.467 e. The summed E-state index contributed by atoms with van der Waals surface area (Å²) in [7, 11) is 1.33. The Morgan fingerprint density at radius 1 is 1.33 bits per heavy atom. The molecule has 0 radical (unpaired) electrons. The number of carbonyl (C=O) groups is 2. The second-order valence-corrected chi connectivity index (χ2v) is 5.54. The second kappa shape index (κ2) is 8.09. The summed E-state index contributed by atoms with van der Waals surface area (Å²) < 4.78 is 6.33. The minimum absolute atomic E-state index is 0.0694. The number of nitrogens with one attached hydrogen (secondary N) is 2. The molecule has 0 fully saturated rings. The highest BCUT2D eigenvalue weighted by atomic mass is 16.5. The summed E-state index contributed by atoms with van der Waals surface area (Å²) in [5.74, 6) is -0.565. The number of pyridine rings is 1. The summed E-state index contributed by atoms with van der Waals surface area (Å²) in [5, 5.41) is 9.96. The van der Waals surface area contributed by atoms with Gasteiger partial charge in [-0.15, -0.1) is 0 Å². The molecule has 2 aromatic heterocycles. The summed E-state index contributed by atoms with van der Waals surface area (Å²) in [6, 6.07) is 2.89. The minimum atomic E-state index is -0.703. The topological polar surface area (TPSA) is 98.1 Å². The first-order valence-electron chi connectivity index (χ1n) is 7.55. The van der Waals surface area contributed by atoms with Gasteiger partial charge in [-0.3, -0.25) is 14.5 Å². The lowest BCUT2D eigenvalue weighted by Gasteiger charge is -2.16. The molecule has 1 amide bonds. The molecular formula is C16H21N5O3. The molecule has 8 nitrogen and oxygen atoms in total. The van der Waals surface area contributed by atoms with E-state index >= 15 is 0 Å². The second-order valence-electron chi connectivity index (χ2n) is 5.54. The Morgan fingerprint density at radius 3 is 2.75 bits per heavy atom. The highest BCUT2D eigenvalue weighted by Crippen LogP contribution is 2.19. The fourth-order valence-electron chi connectivity index (χ4n) is 2.15. The summed E-state index contributed by atoms with van der Waals surface area (Å²) in [6.07, 6.45) is 6.43. The molecule has 0 aliphatic heterocycles. The van der Waals surface area contributed by atoms with E-state index in [1.165, 1.54) is 11.8 Å². The van der Waals surface area contributed by atoms with E-state index in [0.29, 0.717) is 11.3 Å². The summed E-state index contributed by atoms with van der Waals surface area (Å²) >= 11 is 0. The van der Waals surface area contributed by atoms with E-state index in [0.717, 1.165) is 0 Å². The fourth-order valence-corrected chi connectivity index (χ4v) is 2.15. The molecule has 0 aliphatic carbocycles. The maximum Gasteiger partial charge on any atom is 0.333 e. The van der Waals surface area contributed by atoms with E-state index < -0.39 is 12.0 Å². The van der Waals surface area contributed by atoms with Crippen molar-refractivity contribution in [1.82, 2.24) is 20.1 Å². The molecule has 0 saturated carbocycles. The van der Waals surface area contributed by atoms with Gasteiger partial charge in [-0.05, 0) is 19.9 Å². The minimum Gasteiger partial charge on any atom is -0.467 e. The van der Waals surface area contributed by atoms with Gasteiger partial charge in [0.1, 0.15) is 6.54 Å². The van der Waals surface area contributed by atoms with Gasteiger partial charge in [-0.2, -0.15) is 5.10 Å². The third-order valence-corrected chi connectivity index (χ3v) is 3.15. The summed E-state index contributed by atoms with van der Waals surface area (Å²) in [5.41, 5.74) is 1.28. The molecule has 1 atom stereocenters. The first kappa shape index (κ1) is 17.5. The third kappa shape index (κ3) is 4.80. The van der Waals surface area contributed by atoms with E-state index in [2.05, 4.69) is 20.7 Å². The van der Waals surface area contributed by atoms with Gasteiger partial charge in [0.25, 0.3) is 0 Å². The number of ether oxygens (including phenoxy) is 1. The van der Waals surface area contributed by atoms with Gasteiger partial charge < -0.3 is 15.4 Å². The molecule has 2 N–H and O–H groups in total. The lowest BCUT2D eigenvalue weighted by atomic mass is 10.1. The Hall–Kier alpha value is -2.90. The number of anilines is 1. The van der Waals surface area contributed by atoms with Crippen LogP contribution in [0.5, 0.6) is 0 Å². The van der Waals surface area contributed by atoms with Crippen molar-refractivity contribution >= 4 is 17.6 Å².